The summed E-state index contributed by atoms with van der Waals surface area (Å²) in [4.78, 5) is 2.64. The molecule has 1 aliphatic heterocycles. The summed E-state index contributed by atoms with van der Waals surface area (Å²) >= 11 is 1.50. The highest BCUT2D eigenvalue weighted by Crippen LogP contribution is 2.41. The van der Waals surface area contributed by atoms with Crippen LogP contribution in [0.25, 0.3) is 0 Å². The van der Waals surface area contributed by atoms with Crippen molar-refractivity contribution < 1.29 is 0 Å². The van der Waals surface area contributed by atoms with E-state index in [1.807, 2.05) is 13.8 Å². The van der Waals surface area contributed by atoms with E-state index in [0.717, 1.165) is 18.2 Å². The molecule has 17 heavy (non-hydrogen) atoms. The second kappa shape index (κ2) is 6.78. The van der Waals surface area contributed by atoms with Crippen molar-refractivity contribution in [3.63, 3.8) is 0 Å². The van der Waals surface area contributed by atoms with Crippen molar-refractivity contribution >= 4 is 11.2 Å². The first kappa shape index (κ1) is 17.0. The van der Waals surface area contributed by atoms with Crippen molar-refractivity contribution in [2.24, 2.45) is 5.92 Å². The molecule has 2 heteroatoms. The number of hydrogen-bond acceptors (Lipinski definition) is 1. The van der Waals surface area contributed by atoms with Crippen molar-refractivity contribution in [3.05, 3.63) is 0 Å². The Morgan fingerprint density at radius 2 is 1.53 bits per heavy atom. The molecule has 0 bridgehead atoms. The first-order valence-corrected chi connectivity index (χ1v) is 7.98. The number of likely N-dealkylation sites (tertiary alicyclic amines) is 1. The molecule has 1 nitrogen and oxygen atoms in total. The maximum Gasteiger partial charge on any atom is 0.0205 e. The van der Waals surface area contributed by atoms with Crippen LogP contribution < -0.4 is 0 Å². The predicted octanol–water partition coefficient (Wildman–Crippen LogP) is 4.62. The summed E-state index contributed by atoms with van der Waals surface area (Å²) in [6.45, 7) is 16.9. The minimum absolute atomic E-state index is 0.316. The molecular weight excluding hydrogens is 226 g/mol. The fourth-order valence-electron chi connectivity index (χ4n) is 3.63. The van der Waals surface area contributed by atoms with Gasteiger partial charge in [-0.25, -0.2) is 0 Å². The molecule has 0 atom stereocenters. The molecule has 0 aromatic rings. The van der Waals surface area contributed by atoms with Gasteiger partial charge in [0.15, 0.2) is 0 Å². The zero-order chi connectivity index (χ0) is 13.7. The van der Waals surface area contributed by atoms with E-state index in [-0.39, 0.29) is 0 Å². The lowest BCUT2D eigenvalue weighted by molar-refractivity contribution is -0.0423. The quantitative estimate of drug-likeness (QED) is 0.697. The van der Waals surface area contributed by atoms with Crippen molar-refractivity contribution in [2.75, 3.05) is 12.3 Å². The highest BCUT2D eigenvalue weighted by Gasteiger charge is 2.43. The Morgan fingerprint density at radius 1 is 1.12 bits per heavy atom. The third-order valence-corrected chi connectivity index (χ3v) is 4.35. The summed E-state index contributed by atoms with van der Waals surface area (Å²) in [6, 6.07) is 0. The second-order valence-corrected chi connectivity index (χ2v) is 6.64. The van der Waals surface area contributed by atoms with Gasteiger partial charge in [-0.3, -0.25) is 4.90 Å². The average molecular weight is 257 g/mol. The highest BCUT2D eigenvalue weighted by molar-refractivity contribution is 7.88. The van der Waals surface area contributed by atoms with Crippen LogP contribution in [-0.2, 0) is 0 Å². The van der Waals surface area contributed by atoms with Crippen LogP contribution in [0, 0.1) is 11.6 Å². The molecule has 0 spiro atoms. The topological polar surface area (TPSA) is 3.24 Å². The number of piperidine rings is 1. The standard InChI is InChI=1S/C13H25NS.C2H6/c1-7-14-12(2,3)8-11(10-15-6)9-13(14,4)5;1-2/h6,11H,7-10H2,1-5H3;1-2H3. The zero-order valence-corrected chi connectivity index (χ0v) is 13.7. The van der Waals surface area contributed by atoms with Crippen LogP contribution in [0.4, 0.5) is 0 Å². The van der Waals surface area contributed by atoms with Gasteiger partial charge in [0, 0.05) is 16.8 Å². The van der Waals surface area contributed by atoms with Gasteiger partial charge in [-0.05, 0) is 53.0 Å². The number of rotatable bonds is 2. The van der Waals surface area contributed by atoms with E-state index in [9.17, 15) is 0 Å². The smallest absolute Gasteiger partial charge is 0.0205 e. The van der Waals surface area contributed by atoms with Crippen LogP contribution >= 0.6 is 11.2 Å². The van der Waals surface area contributed by atoms with Gasteiger partial charge < -0.3 is 0 Å². The Labute approximate surface area is 113 Å². The van der Waals surface area contributed by atoms with Crippen molar-refractivity contribution in [1.82, 2.24) is 4.90 Å². The maximum atomic E-state index is 5.61. The van der Waals surface area contributed by atoms with E-state index in [0.29, 0.717) is 11.1 Å². The van der Waals surface area contributed by atoms with Crippen LogP contribution in [0.5, 0.6) is 0 Å². The van der Waals surface area contributed by atoms with Crippen LogP contribution in [-0.4, -0.2) is 28.3 Å². The Morgan fingerprint density at radius 3 is 1.82 bits per heavy atom. The Bertz CT molecular complexity index is 245. The zero-order valence-electron chi connectivity index (χ0n) is 12.8. The van der Waals surface area contributed by atoms with Crippen LogP contribution in [0.1, 0.15) is 61.3 Å². The molecule has 0 aromatic heterocycles. The molecule has 0 aromatic carbocycles. The van der Waals surface area contributed by atoms with Crippen molar-refractivity contribution in [3.8, 4) is 5.69 Å². The molecule has 1 aliphatic rings. The molecule has 0 N–H and O–H groups in total. The van der Waals surface area contributed by atoms with Gasteiger partial charge in [0.1, 0.15) is 0 Å². The average Bonchev–Trinajstić information content (AvgIpc) is 2.18. The fourth-order valence-corrected chi connectivity index (χ4v) is 4.14. The van der Waals surface area contributed by atoms with E-state index >= 15 is 0 Å². The van der Waals surface area contributed by atoms with Crippen molar-refractivity contribution in [2.45, 2.75) is 72.4 Å². The van der Waals surface area contributed by atoms with E-state index in [2.05, 4.69) is 39.5 Å². The largest absolute Gasteiger partial charge is 0.293 e. The molecule has 1 rings (SSSR count). The summed E-state index contributed by atoms with van der Waals surface area (Å²) in [5.41, 5.74) is 6.24. The molecule has 0 radical (unpaired) electrons. The summed E-state index contributed by atoms with van der Waals surface area (Å²) in [6.07, 6.45) is 2.54. The van der Waals surface area contributed by atoms with Gasteiger partial charge in [0.25, 0.3) is 0 Å². The molecule has 0 saturated carbocycles. The molecule has 1 heterocycles. The lowest BCUT2D eigenvalue weighted by Crippen LogP contribution is -2.60. The third-order valence-electron chi connectivity index (χ3n) is 3.69. The Balaban J connectivity index is 0.00000121. The normalized spacial score (nSPS) is 23.6. The molecule has 0 unspecified atom stereocenters. The van der Waals surface area contributed by atoms with E-state index in [1.54, 1.807) is 0 Å². The minimum atomic E-state index is 0.316. The van der Waals surface area contributed by atoms with E-state index in [4.69, 9.17) is 5.69 Å². The van der Waals surface area contributed by atoms with E-state index < -0.39 is 0 Å². The van der Waals surface area contributed by atoms with Crippen molar-refractivity contribution in [1.29, 1.82) is 0 Å². The summed E-state index contributed by atoms with van der Waals surface area (Å²) in [7, 11) is 0. The van der Waals surface area contributed by atoms with Crippen LogP contribution in [0.3, 0.4) is 0 Å². The van der Waals surface area contributed by atoms with Gasteiger partial charge in [-0.1, -0.05) is 20.8 Å². The maximum absolute atomic E-state index is 5.61. The van der Waals surface area contributed by atoms with Crippen LogP contribution in [0.15, 0.2) is 0 Å². The second-order valence-electron chi connectivity index (χ2n) is 5.98. The highest BCUT2D eigenvalue weighted by atomic mass is 32.1. The Kier molecular flexibility index (Phi) is 6.76. The monoisotopic (exact) mass is 257 g/mol. The molecule has 0 amide bonds. The fraction of sp³-hybridized carbons (Fsp3) is 0.933. The Hall–Kier alpha value is -0.0400. The van der Waals surface area contributed by atoms with E-state index in [1.165, 1.54) is 24.0 Å². The SMILES string of the molecule is C#SCC1CC(C)(C)N(CC)C(C)(C)C1.CC. The van der Waals surface area contributed by atoms with Gasteiger partial charge in [-0.15, -0.1) is 16.9 Å². The lowest BCUT2D eigenvalue weighted by atomic mass is 9.74. The molecule has 1 saturated heterocycles. The predicted molar refractivity (Wildman–Crippen MR) is 82.0 cm³/mol. The molecule has 102 valence electrons. The summed E-state index contributed by atoms with van der Waals surface area (Å²) in [5, 5.41) is 0. The molecule has 1 fully saturated rings. The van der Waals surface area contributed by atoms with Gasteiger partial charge >= 0.3 is 0 Å². The summed E-state index contributed by atoms with van der Waals surface area (Å²) < 4.78 is 0. The number of nitrogens with zero attached hydrogens (tertiary/aromatic N) is 1. The van der Waals surface area contributed by atoms with Gasteiger partial charge in [0.2, 0.25) is 0 Å². The minimum Gasteiger partial charge on any atom is -0.293 e. The summed E-state index contributed by atoms with van der Waals surface area (Å²) in [5.74, 6) is 1.87. The molecular formula is C15H31NS. The lowest BCUT2D eigenvalue weighted by Gasteiger charge is -2.55. The van der Waals surface area contributed by atoms with Gasteiger partial charge in [-0.2, -0.15) is 0 Å². The van der Waals surface area contributed by atoms with Crippen LogP contribution in [0.2, 0.25) is 0 Å². The third kappa shape index (κ3) is 4.28. The number of hydrogen-bond donors (Lipinski definition) is 0. The first-order chi connectivity index (χ1) is 7.83. The first-order valence-electron chi connectivity index (χ1n) is 6.93. The van der Waals surface area contributed by atoms with Gasteiger partial charge in [0.05, 0.1) is 0 Å². The molecule has 0 aliphatic carbocycles.